The summed E-state index contributed by atoms with van der Waals surface area (Å²) in [7, 11) is 0. The quantitative estimate of drug-likeness (QED) is 0.272. The topological polar surface area (TPSA) is 116 Å². The molecule has 3 rings (SSSR count). The lowest BCUT2D eigenvalue weighted by Gasteiger charge is -2.08. The van der Waals surface area contributed by atoms with E-state index in [9.17, 15) is 28.4 Å². The number of ketones is 2. The Morgan fingerprint density at radius 3 is 1.82 bits per heavy atom. The molecule has 8 nitrogen and oxygen atoms in total. The lowest BCUT2D eigenvalue weighted by atomic mass is 10.1. The molecule has 196 valence electrons. The van der Waals surface area contributed by atoms with E-state index in [4.69, 9.17) is 9.47 Å². The summed E-state index contributed by atoms with van der Waals surface area (Å²) in [5.41, 5.74) is 2.36. The molecule has 1 amide bonds. The van der Waals surface area contributed by atoms with Gasteiger partial charge in [-0.25, -0.2) is 9.18 Å². The number of aryl methyl sites for hydroxylation is 1. The monoisotopic (exact) mass is 519 g/mol. The van der Waals surface area contributed by atoms with Crippen LogP contribution in [0.25, 0.3) is 0 Å². The Kier molecular flexibility index (Phi) is 9.99. The van der Waals surface area contributed by atoms with E-state index in [0.717, 1.165) is 17.7 Å². The Morgan fingerprint density at radius 2 is 1.21 bits per heavy atom. The van der Waals surface area contributed by atoms with Crippen molar-refractivity contribution in [3.8, 4) is 0 Å². The van der Waals surface area contributed by atoms with Crippen LogP contribution in [0.4, 0.5) is 10.1 Å². The normalized spacial score (nSPS) is 10.4. The van der Waals surface area contributed by atoms with Gasteiger partial charge >= 0.3 is 11.9 Å². The first-order valence-corrected chi connectivity index (χ1v) is 11.8. The van der Waals surface area contributed by atoms with Crippen molar-refractivity contribution in [2.24, 2.45) is 0 Å². The zero-order valence-electron chi connectivity index (χ0n) is 20.7. The first-order chi connectivity index (χ1) is 18.2. The third-order valence-electron chi connectivity index (χ3n) is 5.43. The molecule has 0 aromatic heterocycles. The molecular weight excluding hydrogens is 493 g/mol. The maximum atomic E-state index is 12.9. The number of rotatable bonds is 12. The Labute approximate surface area is 218 Å². The van der Waals surface area contributed by atoms with Crippen LogP contribution in [0.15, 0.2) is 72.8 Å². The Balaban J connectivity index is 1.34. The van der Waals surface area contributed by atoms with Gasteiger partial charge in [0, 0.05) is 29.7 Å². The minimum absolute atomic E-state index is 0.0337. The van der Waals surface area contributed by atoms with Crippen molar-refractivity contribution in [2.75, 3.05) is 18.5 Å². The lowest BCUT2D eigenvalue weighted by molar-refractivity contribution is -0.142. The van der Waals surface area contributed by atoms with E-state index < -0.39 is 30.1 Å². The standard InChI is InChI=1S/C29H26FNO7/c1-19-5-7-20(8-6-19)26(33)18-38-29(36)22-11-15-24(16-12-22)31-27(34)3-2-4-28(35)37-17-25(32)21-9-13-23(30)14-10-21/h5-16H,2-4,17-18H2,1H3,(H,31,34). The molecule has 0 aliphatic heterocycles. The lowest BCUT2D eigenvalue weighted by Crippen LogP contribution is -2.16. The third-order valence-corrected chi connectivity index (χ3v) is 5.43. The molecule has 0 radical (unpaired) electrons. The summed E-state index contributed by atoms with van der Waals surface area (Å²) in [5, 5.41) is 2.65. The summed E-state index contributed by atoms with van der Waals surface area (Å²) >= 11 is 0. The minimum atomic E-state index is -0.667. The van der Waals surface area contributed by atoms with Crippen LogP contribution in [0, 0.1) is 12.7 Å². The van der Waals surface area contributed by atoms with Crippen molar-refractivity contribution >= 4 is 35.1 Å². The summed E-state index contributed by atoms with van der Waals surface area (Å²) in [4.78, 5) is 60.3. The van der Waals surface area contributed by atoms with E-state index in [1.807, 2.05) is 6.92 Å². The highest BCUT2D eigenvalue weighted by atomic mass is 19.1. The number of esters is 2. The van der Waals surface area contributed by atoms with Gasteiger partial charge < -0.3 is 14.8 Å². The number of carbonyl (C=O) groups excluding carboxylic acids is 5. The van der Waals surface area contributed by atoms with Gasteiger partial charge in [0.25, 0.3) is 0 Å². The highest BCUT2D eigenvalue weighted by molar-refractivity contribution is 6.00. The van der Waals surface area contributed by atoms with Crippen LogP contribution < -0.4 is 5.32 Å². The predicted molar refractivity (Wildman–Crippen MR) is 136 cm³/mol. The van der Waals surface area contributed by atoms with Crippen LogP contribution in [0.5, 0.6) is 0 Å². The maximum absolute atomic E-state index is 12.9. The van der Waals surface area contributed by atoms with Crippen LogP contribution in [-0.2, 0) is 19.1 Å². The van der Waals surface area contributed by atoms with Gasteiger partial charge in [-0.2, -0.15) is 0 Å². The maximum Gasteiger partial charge on any atom is 0.338 e. The van der Waals surface area contributed by atoms with E-state index in [2.05, 4.69) is 5.32 Å². The summed E-state index contributed by atoms with van der Waals surface area (Å²) < 4.78 is 22.9. The number of hydrogen-bond donors (Lipinski definition) is 1. The van der Waals surface area contributed by atoms with Gasteiger partial charge in [-0.3, -0.25) is 19.2 Å². The molecule has 0 saturated carbocycles. The van der Waals surface area contributed by atoms with Gasteiger partial charge in [-0.15, -0.1) is 0 Å². The Bertz CT molecular complexity index is 1300. The van der Waals surface area contributed by atoms with Crippen molar-refractivity contribution in [2.45, 2.75) is 26.2 Å². The van der Waals surface area contributed by atoms with E-state index in [1.165, 1.54) is 36.4 Å². The first-order valence-electron chi connectivity index (χ1n) is 11.8. The minimum Gasteiger partial charge on any atom is -0.457 e. The van der Waals surface area contributed by atoms with E-state index in [0.29, 0.717) is 11.3 Å². The van der Waals surface area contributed by atoms with Gasteiger partial charge in [0.1, 0.15) is 5.82 Å². The fraction of sp³-hybridized carbons (Fsp3) is 0.207. The number of halogens is 1. The molecule has 0 saturated heterocycles. The molecule has 0 aliphatic carbocycles. The number of nitrogens with one attached hydrogen (secondary N) is 1. The molecule has 9 heteroatoms. The Hall–Kier alpha value is -4.66. The second-order valence-corrected chi connectivity index (χ2v) is 8.44. The largest absolute Gasteiger partial charge is 0.457 e. The van der Waals surface area contributed by atoms with Crippen molar-refractivity contribution in [3.05, 3.63) is 101 Å². The van der Waals surface area contributed by atoms with Gasteiger partial charge in [0.2, 0.25) is 5.91 Å². The van der Waals surface area contributed by atoms with Crippen LogP contribution in [-0.4, -0.2) is 42.6 Å². The highest BCUT2D eigenvalue weighted by Gasteiger charge is 2.13. The molecule has 3 aromatic carbocycles. The molecule has 0 bridgehead atoms. The number of Topliss-reactive ketones (excluding diaryl/α,β-unsaturated/α-hetero) is 2. The molecule has 0 spiro atoms. The molecule has 38 heavy (non-hydrogen) atoms. The molecule has 3 aromatic rings. The zero-order valence-corrected chi connectivity index (χ0v) is 20.7. The van der Waals surface area contributed by atoms with Crippen LogP contribution in [0.3, 0.4) is 0 Å². The average molecular weight is 520 g/mol. The van der Waals surface area contributed by atoms with Gasteiger partial charge in [0.15, 0.2) is 24.8 Å². The second-order valence-electron chi connectivity index (χ2n) is 8.44. The van der Waals surface area contributed by atoms with E-state index >= 15 is 0 Å². The van der Waals surface area contributed by atoms with E-state index in [-0.39, 0.29) is 48.7 Å². The van der Waals surface area contributed by atoms with Gasteiger partial charge in [0.05, 0.1) is 5.56 Å². The average Bonchev–Trinajstić information content (AvgIpc) is 2.91. The molecule has 1 N–H and O–H groups in total. The van der Waals surface area contributed by atoms with Crippen LogP contribution >= 0.6 is 0 Å². The van der Waals surface area contributed by atoms with Gasteiger partial charge in [-0.05, 0) is 61.9 Å². The third kappa shape index (κ3) is 8.77. The SMILES string of the molecule is Cc1ccc(C(=O)COC(=O)c2ccc(NC(=O)CCCC(=O)OCC(=O)c3ccc(F)cc3)cc2)cc1. The van der Waals surface area contributed by atoms with Crippen molar-refractivity contribution < 1.29 is 37.8 Å². The molecule has 0 aliphatic rings. The number of carbonyl (C=O) groups is 5. The fourth-order valence-corrected chi connectivity index (χ4v) is 3.28. The van der Waals surface area contributed by atoms with Crippen molar-refractivity contribution in [1.82, 2.24) is 0 Å². The molecular formula is C29H26FNO7. The second kappa shape index (κ2) is 13.6. The van der Waals surface area contributed by atoms with E-state index in [1.54, 1.807) is 24.3 Å². The number of amides is 1. The molecule has 0 atom stereocenters. The van der Waals surface area contributed by atoms with Crippen LogP contribution in [0.1, 0.15) is 55.9 Å². The van der Waals surface area contributed by atoms with Crippen molar-refractivity contribution in [1.29, 1.82) is 0 Å². The Morgan fingerprint density at radius 1 is 0.684 bits per heavy atom. The highest BCUT2D eigenvalue weighted by Crippen LogP contribution is 2.13. The fourth-order valence-electron chi connectivity index (χ4n) is 3.28. The first kappa shape index (κ1) is 27.9. The van der Waals surface area contributed by atoms with Gasteiger partial charge in [-0.1, -0.05) is 29.8 Å². The number of ether oxygens (including phenoxy) is 2. The molecule has 0 unspecified atom stereocenters. The summed E-state index contributed by atoms with van der Waals surface area (Å²) in [6.45, 7) is 1.05. The number of anilines is 1. The zero-order chi connectivity index (χ0) is 27.5. The number of hydrogen-bond acceptors (Lipinski definition) is 7. The summed E-state index contributed by atoms with van der Waals surface area (Å²) in [6.07, 6.45) is 0.178. The molecule has 0 heterocycles. The predicted octanol–water partition coefficient (Wildman–Crippen LogP) is 4.71. The summed E-state index contributed by atoms with van der Waals surface area (Å²) in [6, 6.07) is 17.8. The summed E-state index contributed by atoms with van der Waals surface area (Å²) in [5.74, 6) is -2.89. The molecule has 0 fully saturated rings. The van der Waals surface area contributed by atoms with Crippen molar-refractivity contribution in [3.63, 3.8) is 0 Å². The number of benzene rings is 3. The van der Waals surface area contributed by atoms with Crippen LogP contribution in [0.2, 0.25) is 0 Å². The smallest absolute Gasteiger partial charge is 0.338 e.